The van der Waals surface area contributed by atoms with Crippen LogP contribution in [-0.4, -0.2) is 12.1 Å². The minimum absolute atomic E-state index is 0.183. The van der Waals surface area contributed by atoms with E-state index in [4.69, 9.17) is 4.74 Å². The van der Waals surface area contributed by atoms with E-state index in [1.54, 1.807) is 6.08 Å². The molecule has 1 rings (SSSR count). The van der Waals surface area contributed by atoms with Crippen molar-refractivity contribution in [3.63, 3.8) is 0 Å². The number of rotatable bonds is 2. The Balaban J connectivity index is 2.24. The first-order chi connectivity index (χ1) is 5.83. The second kappa shape index (κ2) is 4.96. The first-order valence-corrected chi connectivity index (χ1v) is 4.66. The van der Waals surface area contributed by atoms with Gasteiger partial charge in [0, 0.05) is 6.08 Å². The summed E-state index contributed by atoms with van der Waals surface area (Å²) in [6.07, 6.45) is 9.16. The standard InChI is InChI=1S/C10H16O2/c1-2-6-10(11)12-9-7-4-3-5-8-9/h2,6,9H,3-5,7-8H2,1H3/b6-2+. The van der Waals surface area contributed by atoms with Crippen molar-refractivity contribution < 1.29 is 9.53 Å². The molecule has 0 N–H and O–H groups in total. The van der Waals surface area contributed by atoms with Gasteiger partial charge in [0.2, 0.25) is 0 Å². The van der Waals surface area contributed by atoms with Crippen molar-refractivity contribution in [1.82, 2.24) is 0 Å². The number of carbonyl (C=O) groups is 1. The fraction of sp³-hybridized carbons (Fsp3) is 0.700. The monoisotopic (exact) mass is 168 g/mol. The molecule has 0 bridgehead atoms. The number of ether oxygens (including phenoxy) is 1. The Bertz CT molecular complexity index is 167. The van der Waals surface area contributed by atoms with E-state index in [1.165, 1.54) is 25.3 Å². The Morgan fingerprint density at radius 2 is 2.00 bits per heavy atom. The van der Waals surface area contributed by atoms with Gasteiger partial charge in [0.1, 0.15) is 6.10 Å². The van der Waals surface area contributed by atoms with Crippen molar-refractivity contribution in [3.8, 4) is 0 Å². The van der Waals surface area contributed by atoms with E-state index in [-0.39, 0.29) is 12.1 Å². The lowest BCUT2D eigenvalue weighted by molar-refractivity contribution is -0.144. The molecule has 0 unspecified atom stereocenters. The van der Waals surface area contributed by atoms with Gasteiger partial charge in [-0.1, -0.05) is 12.5 Å². The highest BCUT2D eigenvalue weighted by Gasteiger charge is 2.15. The highest BCUT2D eigenvalue weighted by atomic mass is 16.5. The molecule has 12 heavy (non-hydrogen) atoms. The molecule has 0 saturated heterocycles. The van der Waals surface area contributed by atoms with Crippen LogP contribution in [0.3, 0.4) is 0 Å². The fourth-order valence-corrected chi connectivity index (χ4v) is 1.52. The third-order valence-electron chi connectivity index (χ3n) is 2.14. The molecule has 1 saturated carbocycles. The van der Waals surface area contributed by atoms with E-state index in [0.29, 0.717) is 0 Å². The molecule has 0 aliphatic heterocycles. The van der Waals surface area contributed by atoms with Crippen molar-refractivity contribution in [1.29, 1.82) is 0 Å². The van der Waals surface area contributed by atoms with Crippen LogP contribution in [0.5, 0.6) is 0 Å². The lowest BCUT2D eigenvalue weighted by atomic mass is 9.98. The topological polar surface area (TPSA) is 26.3 Å². The number of hydrogen-bond acceptors (Lipinski definition) is 2. The van der Waals surface area contributed by atoms with Crippen LogP contribution in [0.15, 0.2) is 12.2 Å². The van der Waals surface area contributed by atoms with Crippen LogP contribution in [0.1, 0.15) is 39.0 Å². The number of carbonyl (C=O) groups excluding carboxylic acids is 1. The van der Waals surface area contributed by atoms with Crippen molar-refractivity contribution in [3.05, 3.63) is 12.2 Å². The maximum Gasteiger partial charge on any atom is 0.330 e. The molecule has 1 fully saturated rings. The molecule has 0 heterocycles. The summed E-state index contributed by atoms with van der Waals surface area (Å²) >= 11 is 0. The molecular formula is C10H16O2. The second-order valence-corrected chi connectivity index (χ2v) is 3.20. The van der Waals surface area contributed by atoms with Crippen LogP contribution in [0.25, 0.3) is 0 Å². The molecule has 0 aromatic heterocycles. The Morgan fingerprint density at radius 1 is 1.33 bits per heavy atom. The van der Waals surface area contributed by atoms with Gasteiger partial charge in [0.15, 0.2) is 0 Å². The lowest BCUT2D eigenvalue weighted by Gasteiger charge is -2.20. The van der Waals surface area contributed by atoms with E-state index in [0.717, 1.165) is 12.8 Å². The van der Waals surface area contributed by atoms with Crippen molar-refractivity contribution in [2.45, 2.75) is 45.1 Å². The number of hydrogen-bond donors (Lipinski definition) is 0. The van der Waals surface area contributed by atoms with E-state index >= 15 is 0 Å². The molecule has 0 amide bonds. The zero-order chi connectivity index (χ0) is 8.81. The number of allylic oxidation sites excluding steroid dienone is 1. The molecule has 0 atom stereocenters. The number of esters is 1. The van der Waals surface area contributed by atoms with Gasteiger partial charge in [0.05, 0.1) is 0 Å². The summed E-state index contributed by atoms with van der Waals surface area (Å²) in [5.41, 5.74) is 0. The van der Waals surface area contributed by atoms with Crippen LogP contribution in [0.4, 0.5) is 0 Å². The molecular weight excluding hydrogens is 152 g/mol. The molecule has 1 aliphatic rings. The molecule has 2 nitrogen and oxygen atoms in total. The van der Waals surface area contributed by atoms with Gasteiger partial charge < -0.3 is 4.74 Å². The predicted molar refractivity (Wildman–Crippen MR) is 47.8 cm³/mol. The van der Waals surface area contributed by atoms with Crippen LogP contribution in [0.2, 0.25) is 0 Å². The first-order valence-electron chi connectivity index (χ1n) is 4.66. The highest BCUT2D eigenvalue weighted by molar-refractivity contribution is 5.81. The largest absolute Gasteiger partial charge is 0.459 e. The van der Waals surface area contributed by atoms with E-state index in [1.807, 2.05) is 6.92 Å². The predicted octanol–water partition coefficient (Wildman–Crippen LogP) is 2.44. The van der Waals surface area contributed by atoms with Gasteiger partial charge in [-0.2, -0.15) is 0 Å². The average molecular weight is 168 g/mol. The van der Waals surface area contributed by atoms with Crippen LogP contribution in [-0.2, 0) is 9.53 Å². The molecule has 0 aromatic carbocycles. The maximum atomic E-state index is 11.0. The summed E-state index contributed by atoms with van der Waals surface area (Å²) < 4.78 is 5.21. The zero-order valence-electron chi connectivity index (χ0n) is 7.58. The van der Waals surface area contributed by atoms with Crippen molar-refractivity contribution in [2.24, 2.45) is 0 Å². The summed E-state index contributed by atoms with van der Waals surface area (Å²) in [4.78, 5) is 11.0. The van der Waals surface area contributed by atoms with Gasteiger partial charge in [-0.25, -0.2) is 4.79 Å². The van der Waals surface area contributed by atoms with Gasteiger partial charge >= 0.3 is 5.97 Å². The molecule has 0 spiro atoms. The summed E-state index contributed by atoms with van der Waals surface area (Å²) in [5, 5.41) is 0. The van der Waals surface area contributed by atoms with Gasteiger partial charge in [-0.3, -0.25) is 0 Å². The molecule has 2 heteroatoms. The van der Waals surface area contributed by atoms with Crippen molar-refractivity contribution in [2.75, 3.05) is 0 Å². The van der Waals surface area contributed by atoms with E-state index in [2.05, 4.69) is 0 Å². The SMILES string of the molecule is C/C=C/C(=O)OC1CCCCC1. The smallest absolute Gasteiger partial charge is 0.330 e. The third kappa shape index (κ3) is 3.07. The molecule has 0 aromatic rings. The summed E-state index contributed by atoms with van der Waals surface area (Å²) in [6, 6.07) is 0. The summed E-state index contributed by atoms with van der Waals surface area (Å²) in [5.74, 6) is -0.190. The van der Waals surface area contributed by atoms with Crippen molar-refractivity contribution >= 4 is 5.97 Å². The second-order valence-electron chi connectivity index (χ2n) is 3.20. The van der Waals surface area contributed by atoms with Gasteiger partial charge in [0.25, 0.3) is 0 Å². The Morgan fingerprint density at radius 3 is 2.58 bits per heavy atom. The molecule has 0 radical (unpaired) electrons. The minimum Gasteiger partial charge on any atom is -0.459 e. The lowest BCUT2D eigenvalue weighted by Crippen LogP contribution is -2.19. The maximum absolute atomic E-state index is 11.0. The normalized spacial score (nSPS) is 19.8. The van der Waals surface area contributed by atoms with Crippen LogP contribution in [0, 0.1) is 0 Å². The van der Waals surface area contributed by atoms with E-state index in [9.17, 15) is 4.79 Å². The van der Waals surface area contributed by atoms with Gasteiger partial charge in [-0.15, -0.1) is 0 Å². The Hall–Kier alpha value is -0.790. The molecule has 68 valence electrons. The quantitative estimate of drug-likeness (QED) is 0.467. The summed E-state index contributed by atoms with van der Waals surface area (Å²) in [7, 11) is 0. The highest BCUT2D eigenvalue weighted by Crippen LogP contribution is 2.20. The fourth-order valence-electron chi connectivity index (χ4n) is 1.52. The summed E-state index contributed by atoms with van der Waals surface area (Å²) in [6.45, 7) is 1.82. The van der Waals surface area contributed by atoms with Crippen LogP contribution < -0.4 is 0 Å². The minimum atomic E-state index is -0.190. The van der Waals surface area contributed by atoms with E-state index < -0.39 is 0 Å². The first kappa shape index (κ1) is 9.30. The zero-order valence-corrected chi connectivity index (χ0v) is 7.58. The van der Waals surface area contributed by atoms with Gasteiger partial charge in [-0.05, 0) is 32.6 Å². The van der Waals surface area contributed by atoms with Crippen LogP contribution >= 0.6 is 0 Å². The molecule has 1 aliphatic carbocycles. The third-order valence-corrected chi connectivity index (χ3v) is 2.14. The average Bonchev–Trinajstić information content (AvgIpc) is 2.06. The Labute approximate surface area is 73.6 Å². The Kier molecular flexibility index (Phi) is 3.85.